The molecule has 1 atom stereocenters. The van der Waals surface area contributed by atoms with E-state index in [0.717, 1.165) is 26.2 Å². The number of rotatable bonds is 5. The van der Waals surface area contributed by atoms with E-state index in [1.165, 1.54) is 6.07 Å². The molecule has 1 aromatic rings. The Balaban J connectivity index is 2.26. The van der Waals surface area contributed by atoms with Crippen LogP contribution < -0.4 is 5.32 Å². The summed E-state index contributed by atoms with van der Waals surface area (Å²) in [6.07, 6.45) is 0.218. The second kappa shape index (κ2) is 7.47. The van der Waals surface area contributed by atoms with Gasteiger partial charge < -0.3 is 5.32 Å². The van der Waals surface area contributed by atoms with Gasteiger partial charge in [0.25, 0.3) is 0 Å². The molecular weight excluding hydrogens is 304 g/mol. The number of nitrogens with one attached hydrogen (secondary N) is 1. The topological polar surface area (TPSA) is 15.3 Å². The third-order valence-corrected chi connectivity index (χ3v) is 4.30. The lowest BCUT2D eigenvalue weighted by Crippen LogP contribution is -2.45. The molecule has 21 heavy (non-hydrogen) atoms. The fourth-order valence-corrected chi connectivity index (χ4v) is 3.32. The number of thioether (sulfide) groups is 1. The maximum Gasteiger partial charge on any atom is 0.446 e. The Morgan fingerprint density at radius 1 is 1.19 bits per heavy atom. The highest BCUT2D eigenvalue weighted by molar-refractivity contribution is 8.00. The standard InChI is InChI=1S/C14H18F4N2S/c15-6-5-12(20-9-7-19-8-10-20)11-3-1-2-4-13(11)21-14(16,17)18/h1-4,12,19H,5-10H2/t12-/m1/s1. The highest BCUT2D eigenvalue weighted by Gasteiger charge is 2.32. The van der Waals surface area contributed by atoms with Crippen LogP contribution in [0.5, 0.6) is 0 Å². The third kappa shape index (κ3) is 4.86. The number of halogens is 4. The van der Waals surface area contributed by atoms with Gasteiger partial charge in [-0.3, -0.25) is 9.29 Å². The maximum absolute atomic E-state index is 12.9. The van der Waals surface area contributed by atoms with Gasteiger partial charge in [-0.2, -0.15) is 13.2 Å². The van der Waals surface area contributed by atoms with Crippen LogP contribution >= 0.6 is 11.8 Å². The van der Waals surface area contributed by atoms with Crippen LogP contribution in [0.1, 0.15) is 18.0 Å². The van der Waals surface area contributed by atoms with E-state index in [4.69, 9.17) is 0 Å². The third-order valence-electron chi connectivity index (χ3n) is 3.48. The number of benzene rings is 1. The zero-order valence-corrected chi connectivity index (χ0v) is 12.3. The Kier molecular flexibility index (Phi) is 5.89. The van der Waals surface area contributed by atoms with Gasteiger partial charge in [0.1, 0.15) is 0 Å². The molecule has 2 nitrogen and oxygen atoms in total. The smallest absolute Gasteiger partial charge is 0.314 e. The van der Waals surface area contributed by atoms with Crippen molar-refractivity contribution in [1.29, 1.82) is 0 Å². The average Bonchev–Trinajstić information content (AvgIpc) is 2.45. The molecular formula is C14H18F4N2S. The SMILES string of the molecule is FCC[C@H](c1ccccc1SC(F)(F)F)N1CCNCC1. The molecule has 0 spiro atoms. The lowest BCUT2D eigenvalue weighted by atomic mass is 10.0. The van der Waals surface area contributed by atoms with Crippen LogP contribution in [-0.2, 0) is 0 Å². The van der Waals surface area contributed by atoms with E-state index in [-0.39, 0.29) is 29.1 Å². The minimum Gasteiger partial charge on any atom is -0.314 e. The first-order valence-electron chi connectivity index (χ1n) is 6.86. The highest BCUT2D eigenvalue weighted by atomic mass is 32.2. The molecule has 0 radical (unpaired) electrons. The van der Waals surface area contributed by atoms with Crippen molar-refractivity contribution in [3.63, 3.8) is 0 Å². The summed E-state index contributed by atoms with van der Waals surface area (Å²) in [6, 6.07) is 6.13. The lowest BCUT2D eigenvalue weighted by Gasteiger charge is -2.35. The van der Waals surface area contributed by atoms with Crippen LogP contribution in [-0.4, -0.2) is 43.3 Å². The molecule has 1 fully saturated rings. The van der Waals surface area contributed by atoms with Gasteiger partial charge in [-0.15, -0.1) is 0 Å². The first-order chi connectivity index (χ1) is 10.0. The fraction of sp³-hybridized carbons (Fsp3) is 0.571. The molecule has 1 heterocycles. The minimum atomic E-state index is -4.33. The second-order valence-corrected chi connectivity index (χ2v) is 5.97. The maximum atomic E-state index is 12.9. The number of nitrogens with zero attached hydrogens (tertiary/aromatic N) is 1. The van der Waals surface area contributed by atoms with Gasteiger partial charge in [0.05, 0.1) is 6.67 Å². The monoisotopic (exact) mass is 322 g/mol. The normalized spacial score (nSPS) is 18.7. The predicted molar refractivity (Wildman–Crippen MR) is 76.1 cm³/mol. The Labute approximate surface area is 125 Å². The summed E-state index contributed by atoms with van der Waals surface area (Å²) in [5.41, 5.74) is -3.76. The van der Waals surface area contributed by atoms with Gasteiger partial charge in [-0.25, -0.2) is 0 Å². The number of piperazine rings is 1. The van der Waals surface area contributed by atoms with Gasteiger partial charge in [-0.1, -0.05) is 18.2 Å². The molecule has 1 saturated heterocycles. The summed E-state index contributed by atoms with van der Waals surface area (Å²) < 4.78 is 50.9. The van der Waals surface area contributed by atoms with Crippen molar-refractivity contribution in [2.75, 3.05) is 32.9 Å². The van der Waals surface area contributed by atoms with Crippen molar-refractivity contribution < 1.29 is 17.6 Å². The van der Waals surface area contributed by atoms with Gasteiger partial charge in [0, 0.05) is 37.1 Å². The van der Waals surface area contributed by atoms with E-state index in [2.05, 4.69) is 10.2 Å². The Morgan fingerprint density at radius 2 is 1.86 bits per heavy atom. The molecule has 7 heteroatoms. The van der Waals surface area contributed by atoms with Gasteiger partial charge >= 0.3 is 5.51 Å². The fourth-order valence-electron chi connectivity index (χ4n) is 2.61. The van der Waals surface area contributed by atoms with E-state index in [9.17, 15) is 17.6 Å². The number of alkyl halides is 4. The predicted octanol–water partition coefficient (Wildman–Crippen LogP) is 3.60. The molecule has 0 aromatic heterocycles. The van der Waals surface area contributed by atoms with E-state index in [0.29, 0.717) is 5.56 Å². The molecule has 1 N–H and O–H groups in total. The summed E-state index contributed by atoms with van der Waals surface area (Å²) in [5.74, 6) is 0. The van der Waals surface area contributed by atoms with Crippen molar-refractivity contribution in [1.82, 2.24) is 10.2 Å². The Morgan fingerprint density at radius 3 is 2.48 bits per heavy atom. The van der Waals surface area contributed by atoms with Crippen molar-refractivity contribution in [3.05, 3.63) is 29.8 Å². The van der Waals surface area contributed by atoms with Gasteiger partial charge in [0.15, 0.2) is 0 Å². The minimum absolute atomic E-state index is 0.119. The molecule has 0 saturated carbocycles. The van der Waals surface area contributed by atoms with Crippen molar-refractivity contribution in [3.8, 4) is 0 Å². The highest BCUT2D eigenvalue weighted by Crippen LogP contribution is 2.41. The first kappa shape index (κ1) is 16.6. The number of hydrogen-bond acceptors (Lipinski definition) is 3. The van der Waals surface area contributed by atoms with Crippen LogP contribution in [0.4, 0.5) is 17.6 Å². The molecule has 1 aliphatic rings. The van der Waals surface area contributed by atoms with Crippen LogP contribution in [0.2, 0.25) is 0 Å². The molecule has 118 valence electrons. The number of hydrogen-bond donors (Lipinski definition) is 1. The molecule has 2 rings (SSSR count). The summed E-state index contributed by atoms with van der Waals surface area (Å²) in [5, 5.41) is 3.20. The lowest BCUT2D eigenvalue weighted by molar-refractivity contribution is -0.0328. The molecule has 0 unspecified atom stereocenters. The molecule has 0 bridgehead atoms. The second-order valence-electron chi connectivity index (χ2n) is 4.87. The van der Waals surface area contributed by atoms with Gasteiger partial charge in [0.2, 0.25) is 0 Å². The van der Waals surface area contributed by atoms with E-state index >= 15 is 0 Å². The van der Waals surface area contributed by atoms with E-state index < -0.39 is 12.2 Å². The van der Waals surface area contributed by atoms with Crippen LogP contribution in [0, 0.1) is 0 Å². The van der Waals surface area contributed by atoms with Crippen molar-refractivity contribution in [2.24, 2.45) is 0 Å². The Hall–Kier alpha value is -0.790. The van der Waals surface area contributed by atoms with E-state index in [1.54, 1.807) is 18.2 Å². The first-order valence-corrected chi connectivity index (χ1v) is 7.68. The largest absolute Gasteiger partial charge is 0.446 e. The molecule has 1 aromatic carbocycles. The summed E-state index contributed by atoms with van der Waals surface area (Å²) in [7, 11) is 0. The Bertz CT molecular complexity index is 447. The van der Waals surface area contributed by atoms with Crippen LogP contribution in [0.15, 0.2) is 29.2 Å². The summed E-state index contributed by atoms with van der Waals surface area (Å²) in [4.78, 5) is 2.23. The van der Waals surface area contributed by atoms with E-state index in [1.807, 2.05) is 0 Å². The van der Waals surface area contributed by atoms with Crippen LogP contribution in [0.3, 0.4) is 0 Å². The molecule has 1 aliphatic heterocycles. The zero-order valence-electron chi connectivity index (χ0n) is 11.5. The van der Waals surface area contributed by atoms with Crippen molar-refractivity contribution in [2.45, 2.75) is 22.9 Å². The average molecular weight is 322 g/mol. The molecule has 0 aliphatic carbocycles. The zero-order chi connectivity index (χ0) is 15.3. The summed E-state index contributed by atoms with van der Waals surface area (Å²) in [6.45, 7) is 2.44. The van der Waals surface area contributed by atoms with Crippen LogP contribution in [0.25, 0.3) is 0 Å². The quantitative estimate of drug-likeness (QED) is 0.659. The summed E-state index contributed by atoms with van der Waals surface area (Å²) >= 11 is -0.119. The molecule has 0 amide bonds. The van der Waals surface area contributed by atoms with Crippen molar-refractivity contribution >= 4 is 11.8 Å². The van der Waals surface area contributed by atoms with Gasteiger partial charge in [-0.05, 0) is 29.8 Å².